The van der Waals surface area contributed by atoms with Gasteiger partial charge in [-0.15, -0.1) is 0 Å². The number of aryl methyl sites for hydroxylation is 2. The van der Waals surface area contributed by atoms with Crippen molar-refractivity contribution < 1.29 is 19.4 Å². The van der Waals surface area contributed by atoms with Gasteiger partial charge in [-0.2, -0.15) is 0 Å². The van der Waals surface area contributed by atoms with Gasteiger partial charge in [0.15, 0.2) is 6.73 Å². The van der Waals surface area contributed by atoms with Gasteiger partial charge in [0.25, 0.3) is 0 Å². The van der Waals surface area contributed by atoms with Crippen LogP contribution < -0.4 is 15.4 Å². The van der Waals surface area contributed by atoms with Crippen LogP contribution in [0.25, 0.3) is 0 Å². The van der Waals surface area contributed by atoms with E-state index in [0.29, 0.717) is 5.75 Å². The highest BCUT2D eigenvalue weighted by atomic mass is 16.5. The second kappa shape index (κ2) is 6.48. The number of amides is 2. The molecule has 18 heavy (non-hydrogen) atoms. The maximum absolute atomic E-state index is 11.1. The van der Waals surface area contributed by atoms with E-state index in [-0.39, 0.29) is 6.73 Å². The van der Waals surface area contributed by atoms with Gasteiger partial charge in [0, 0.05) is 0 Å². The molecule has 6 heteroatoms. The molecular weight excluding hydrogens is 236 g/mol. The lowest BCUT2D eigenvalue weighted by Crippen LogP contribution is -2.40. The molecular formula is C12H16N2O4. The number of carboxylic acids is 1. The van der Waals surface area contributed by atoms with Gasteiger partial charge in [-0.05, 0) is 25.5 Å². The van der Waals surface area contributed by atoms with E-state index in [1.807, 2.05) is 32.0 Å². The van der Waals surface area contributed by atoms with Crippen molar-refractivity contribution in [3.8, 4) is 5.75 Å². The van der Waals surface area contributed by atoms with Crippen LogP contribution >= 0.6 is 0 Å². The lowest BCUT2D eigenvalue weighted by molar-refractivity contribution is -0.135. The zero-order chi connectivity index (χ0) is 13.5. The molecule has 0 saturated heterocycles. The van der Waals surface area contributed by atoms with E-state index in [0.717, 1.165) is 11.1 Å². The summed E-state index contributed by atoms with van der Waals surface area (Å²) in [6.45, 7) is 3.45. The first-order valence-corrected chi connectivity index (χ1v) is 5.42. The quantitative estimate of drug-likeness (QED) is 0.683. The first-order chi connectivity index (χ1) is 8.49. The number of ether oxygens (including phenoxy) is 1. The van der Waals surface area contributed by atoms with Crippen LogP contribution in [0.3, 0.4) is 0 Å². The minimum atomic E-state index is -1.10. The minimum Gasteiger partial charge on any atom is -0.480 e. The van der Waals surface area contributed by atoms with Crippen LogP contribution in [0.1, 0.15) is 11.1 Å². The Bertz CT molecular complexity index is 446. The number of urea groups is 1. The van der Waals surface area contributed by atoms with E-state index in [9.17, 15) is 9.59 Å². The fourth-order valence-corrected chi connectivity index (χ4v) is 1.36. The first kappa shape index (κ1) is 13.8. The molecule has 1 rings (SSSR count). The molecule has 0 aromatic heterocycles. The van der Waals surface area contributed by atoms with Crippen molar-refractivity contribution in [3.63, 3.8) is 0 Å². The maximum Gasteiger partial charge on any atom is 0.323 e. The average molecular weight is 252 g/mol. The summed E-state index contributed by atoms with van der Waals surface area (Å²) in [7, 11) is 0. The van der Waals surface area contributed by atoms with Gasteiger partial charge in [0.05, 0.1) is 0 Å². The summed E-state index contributed by atoms with van der Waals surface area (Å²) in [5.74, 6) is -0.417. The zero-order valence-corrected chi connectivity index (χ0v) is 10.3. The summed E-state index contributed by atoms with van der Waals surface area (Å²) in [4.78, 5) is 21.3. The van der Waals surface area contributed by atoms with Crippen molar-refractivity contribution >= 4 is 12.0 Å². The molecule has 6 nitrogen and oxygen atoms in total. The Labute approximate surface area is 105 Å². The molecule has 1 aromatic carbocycles. The first-order valence-electron chi connectivity index (χ1n) is 5.42. The molecule has 0 aliphatic carbocycles. The fraction of sp³-hybridized carbons (Fsp3) is 0.333. The Morgan fingerprint density at radius 2 is 2.00 bits per heavy atom. The molecule has 0 unspecified atom stereocenters. The summed E-state index contributed by atoms with van der Waals surface area (Å²) < 4.78 is 5.35. The standard InChI is InChI=1S/C12H16N2O4/c1-8-3-4-10(9(2)5-8)18-7-14-12(17)13-6-11(15)16/h3-5H,6-7H2,1-2H3,(H,15,16)(H2,13,14,17). The lowest BCUT2D eigenvalue weighted by atomic mass is 10.1. The third kappa shape index (κ3) is 4.73. The molecule has 0 aliphatic rings. The molecule has 0 bridgehead atoms. The van der Waals surface area contributed by atoms with Crippen molar-refractivity contribution in [2.45, 2.75) is 13.8 Å². The lowest BCUT2D eigenvalue weighted by Gasteiger charge is -2.10. The SMILES string of the molecule is Cc1ccc(OCNC(=O)NCC(=O)O)c(C)c1. The number of hydrogen-bond acceptors (Lipinski definition) is 3. The van der Waals surface area contributed by atoms with Gasteiger partial charge in [0.1, 0.15) is 12.3 Å². The number of carboxylic acid groups (broad SMARTS) is 1. The van der Waals surface area contributed by atoms with E-state index in [4.69, 9.17) is 9.84 Å². The fourth-order valence-electron chi connectivity index (χ4n) is 1.36. The highest BCUT2D eigenvalue weighted by molar-refractivity contribution is 5.79. The third-order valence-electron chi connectivity index (χ3n) is 2.19. The topological polar surface area (TPSA) is 87.7 Å². The van der Waals surface area contributed by atoms with Crippen LogP contribution in [0.2, 0.25) is 0 Å². The van der Waals surface area contributed by atoms with Crippen molar-refractivity contribution in [1.29, 1.82) is 0 Å². The van der Waals surface area contributed by atoms with E-state index >= 15 is 0 Å². The summed E-state index contributed by atoms with van der Waals surface area (Å²) in [6, 6.07) is 5.12. The summed E-state index contributed by atoms with van der Waals surface area (Å²) >= 11 is 0. The Hall–Kier alpha value is -2.24. The zero-order valence-electron chi connectivity index (χ0n) is 10.3. The van der Waals surface area contributed by atoms with Crippen LogP contribution in [0.5, 0.6) is 5.75 Å². The number of nitrogens with one attached hydrogen (secondary N) is 2. The van der Waals surface area contributed by atoms with Crippen LogP contribution in [0.4, 0.5) is 4.79 Å². The van der Waals surface area contributed by atoms with Gasteiger partial charge >= 0.3 is 12.0 Å². The molecule has 0 saturated carbocycles. The second-order valence-corrected chi connectivity index (χ2v) is 3.81. The predicted octanol–water partition coefficient (Wildman–Crippen LogP) is 1.02. The Morgan fingerprint density at radius 3 is 2.61 bits per heavy atom. The van der Waals surface area contributed by atoms with Crippen molar-refractivity contribution in [2.24, 2.45) is 0 Å². The van der Waals surface area contributed by atoms with Crippen LogP contribution in [-0.2, 0) is 4.79 Å². The normalized spacial score (nSPS) is 9.67. The molecule has 3 N–H and O–H groups in total. The molecule has 0 aliphatic heterocycles. The Morgan fingerprint density at radius 1 is 1.28 bits per heavy atom. The highest BCUT2D eigenvalue weighted by Gasteiger charge is 2.03. The van der Waals surface area contributed by atoms with Crippen molar-refractivity contribution in [1.82, 2.24) is 10.6 Å². The molecule has 0 heterocycles. The van der Waals surface area contributed by atoms with E-state index < -0.39 is 18.5 Å². The molecule has 0 atom stereocenters. The number of rotatable bonds is 5. The summed E-state index contributed by atoms with van der Waals surface area (Å²) in [5, 5.41) is 12.9. The molecule has 0 spiro atoms. The number of carbonyl (C=O) groups excluding carboxylic acids is 1. The number of benzene rings is 1. The van der Waals surface area contributed by atoms with Gasteiger partial charge in [0.2, 0.25) is 0 Å². The van der Waals surface area contributed by atoms with E-state index in [2.05, 4.69) is 10.6 Å². The molecule has 2 amide bonds. The van der Waals surface area contributed by atoms with Gasteiger partial charge in [-0.25, -0.2) is 4.79 Å². The maximum atomic E-state index is 11.1. The van der Waals surface area contributed by atoms with Gasteiger partial charge in [-0.3, -0.25) is 4.79 Å². The summed E-state index contributed by atoms with van der Waals surface area (Å²) in [5.41, 5.74) is 2.11. The molecule has 0 radical (unpaired) electrons. The van der Waals surface area contributed by atoms with Crippen LogP contribution in [0.15, 0.2) is 18.2 Å². The third-order valence-corrected chi connectivity index (χ3v) is 2.19. The van der Waals surface area contributed by atoms with Crippen LogP contribution in [-0.4, -0.2) is 30.4 Å². The number of aliphatic carboxylic acids is 1. The van der Waals surface area contributed by atoms with Gasteiger partial charge in [-0.1, -0.05) is 17.7 Å². The number of carbonyl (C=O) groups is 2. The predicted molar refractivity (Wildman–Crippen MR) is 65.6 cm³/mol. The minimum absolute atomic E-state index is 0.0185. The van der Waals surface area contributed by atoms with Crippen molar-refractivity contribution in [3.05, 3.63) is 29.3 Å². The highest BCUT2D eigenvalue weighted by Crippen LogP contribution is 2.17. The van der Waals surface area contributed by atoms with Crippen LogP contribution in [0, 0.1) is 13.8 Å². The molecule has 1 aromatic rings. The Balaban J connectivity index is 2.33. The monoisotopic (exact) mass is 252 g/mol. The van der Waals surface area contributed by atoms with E-state index in [1.54, 1.807) is 0 Å². The molecule has 0 fully saturated rings. The molecule has 98 valence electrons. The van der Waals surface area contributed by atoms with Gasteiger partial charge < -0.3 is 20.5 Å². The largest absolute Gasteiger partial charge is 0.480 e. The average Bonchev–Trinajstić information content (AvgIpc) is 2.29. The van der Waals surface area contributed by atoms with E-state index in [1.165, 1.54) is 0 Å². The Kier molecular flexibility index (Phi) is 4.98. The second-order valence-electron chi connectivity index (χ2n) is 3.81. The smallest absolute Gasteiger partial charge is 0.323 e. The number of hydrogen-bond donors (Lipinski definition) is 3. The summed E-state index contributed by atoms with van der Waals surface area (Å²) in [6.07, 6.45) is 0. The van der Waals surface area contributed by atoms with Crippen molar-refractivity contribution in [2.75, 3.05) is 13.3 Å².